The lowest BCUT2D eigenvalue weighted by molar-refractivity contribution is 0.0164. The van der Waals surface area contributed by atoms with E-state index < -0.39 is 0 Å². The predicted molar refractivity (Wildman–Crippen MR) is 110 cm³/mol. The zero-order valence-electron chi connectivity index (χ0n) is 16.6. The Hall–Kier alpha value is -2.44. The monoisotopic (exact) mass is 397 g/mol. The first-order chi connectivity index (χ1) is 14.2. The molecule has 2 aromatic carbocycles. The quantitative estimate of drug-likeness (QED) is 0.777. The highest BCUT2D eigenvalue weighted by Crippen LogP contribution is 2.29. The second-order valence-corrected chi connectivity index (χ2v) is 7.75. The summed E-state index contributed by atoms with van der Waals surface area (Å²) in [6.45, 7) is 4.06. The van der Waals surface area contributed by atoms with E-state index in [-0.39, 0.29) is 17.9 Å². The smallest absolute Gasteiger partial charge is 0.318 e. The van der Waals surface area contributed by atoms with Crippen molar-refractivity contribution >= 4 is 6.03 Å². The Kier molecular flexibility index (Phi) is 6.42. The number of amides is 2. The van der Waals surface area contributed by atoms with Gasteiger partial charge in [0.15, 0.2) is 0 Å². The molecule has 2 aromatic rings. The van der Waals surface area contributed by atoms with Crippen molar-refractivity contribution in [2.24, 2.45) is 0 Å². The minimum Gasteiger partial charge on any atom is -0.379 e. The van der Waals surface area contributed by atoms with Crippen LogP contribution in [0.15, 0.2) is 54.6 Å². The molecule has 2 amide bonds. The number of halogens is 1. The molecule has 154 valence electrons. The van der Waals surface area contributed by atoms with Crippen LogP contribution in [0.3, 0.4) is 0 Å². The average Bonchev–Trinajstić information content (AvgIpc) is 3.60. The Balaban J connectivity index is 1.43. The van der Waals surface area contributed by atoms with Gasteiger partial charge in [-0.1, -0.05) is 42.5 Å². The predicted octanol–water partition coefficient (Wildman–Crippen LogP) is 3.57. The van der Waals surface area contributed by atoms with Gasteiger partial charge in [0, 0.05) is 32.2 Å². The first kappa shape index (κ1) is 19.9. The zero-order chi connectivity index (χ0) is 20.1. The van der Waals surface area contributed by atoms with E-state index in [0.29, 0.717) is 32.3 Å². The molecular weight excluding hydrogens is 369 g/mol. The average molecular weight is 397 g/mol. The van der Waals surface area contributed by atoms with Gasteiger partial charge in [0.25, 0.3) is 0 Å². The molecule has 0 aromatic heterocycles. The molecule has 1 saturated heterocycles. The highest BCUT2D eigenvalue weighted by molar-refractivity contribution is 5.75. The Labute approximate surface area is 171 Å². The molecule has 1 atom stereocenters. The molecule has 1 unspecified atom stereocenters. The van der Waals surface area contributed by atoms with Crippen LogP contribution in [0.2, 0.25) is 0 Å². The number of morpholine rings is 1. The highest BCUT2D eigenvalue weighted by Gasteiger charge is 2.33. The van der Waals surface area contributed by atoms with E-state index in [1.807, 2.05) is 35.2 Å². The highest BCUT2D eigenvalue weighted by atomic mass is 19.1. The van der Waals surface area contributed by atoms with Crippen LogP contribution in [0.5, 0.6) is 0 Å². The summed E-state index contributed by atoms with van der Waals surface area (Å²) in [6.07, 6.45) is 2.12. The van der Waals surface area contributed by atoms with Crippen molar-refractivity contribution in [1.29, 1.82) is 0 Å². The number of urea groups is 1. The zero-order valence-corrected chi connectivity index (χ0v) is 16.6. The van der Waals surface area contributed by atoms with Crippen LogP contribution in [0.1, 0.15) is 30.0 Å². The summed E-state index contributed by atoms with van der Waals surface area (Å²) in [7, 11) is 0. The summed E-state index contributed by atoms with van der Waals surface area (Å²) in [5, 5.41) is 3.15. The van der Waals surface area contributed by atoms with E-state index in [9.17, 15) is 9.18 Å². The van der Waals surface area contributed by atoms with Gasteiger partial charge in [-0.2, -0.15) is 0 Å². The Bertz CT molecular complexity index is 790. The second-order valence-electron chi connectivity index (χ2n) is 7.75. The third-order valence-corrected chi connectivity index (χ3v) is 5.63. The molecule has 1 saturated carbocycles. The molecule has 0 spiro atoms. The summed E-state index contributed by atoms with van der Waals surface area (Å²) in [4.78, 5) is 17.3. The molecule has 4 rings (SSSR count). The van der Waals surface area contributed by atoms with Crippen molar-refractivity contribution in [3.63, 3.8) is 0 Å². The van der Waals surface area contributed by atoms with Crippen molar-refractivity contribution in [3.05, 3.63) is 71.5 Å². The van der Waals surface area contributed by atoms with Crippen molar-refractivity contribution in [2.75, 3.05) is 32.8 Å². The molecule has 2 fully saturated rings. The number of rotatable bonds is 7. The van der Waals surface area contributed by atoms with Crippen molar-refractivity contribution in [3.8, 4) is 0 Å². The number of ether oxygens (including phenoxy) is 1. The fourth-order valence-corrected chi connectivity index (χ4v) is 3.85. The Morgan fingerprint density at radius 3 is 2.45 bits per heavy atom. The SMILES string of the molecule is O=C(NCC(c1ccc(F)cc1)N1CCOCC1)N(Cc1ccccc1)C1CC1. The molecule has 29 heavy (non-hydrogen) atoms. The number of carbonyl (C=O) groups is 1. The standard InChI is InChI=1S/C23H28FN3O2/c24-20-8-6-19(7-9-20)22(26-12-14-29-15-13-26)16-25-23(28)27(21-10-11-21)17-18-4-2-1-3-5-18/h1-9,21-22H,10-17H2,(H,25,28). The third-order valence-electron chi connectivity index (χ3n) is 5.63. The summed E-state index contributed by atoms with van der Waals surface area (Å²) in [5.41, 5.74) is 2.15. The molecule has 1 aliphatic heterocycles. The van der Waals surface area contributed by atoms with Crippen molar-refractivity contribution in [2.45, 2.75) is 31.5 Å². The Morgan fingerprint density at radius 1 is 1.10 bits per heavy atom. The van der Waals surface area contributed by atoms with Crippen LogP contribution < -0.4 is 5.32 Å². The first-order valence-electron chi connectivity index (χ1n) is 10.4. The van der Waals surface area contributed by atoms with E-state index >= 15 is 0 Å². The summed E-state index contributed by atoms with van der Waals surface area (Å²) < 4.78 is 18.9. The minimum atomic E-state index is -0.249. The number of carbonyl (C=O) groups excluding carboxylic acids is 1. The molecule has 2 aliphatic rings. The van der Waals surface area contributed by atoms with Gasteiger partial charge in [-0.3, -0.25) is 4.90 Å². The van der Waals surface area contributed by atoms with Gasteiger partial charge in [-0.15, -0.1) is 0 Å². The normalized spacial score (nSPS) is 18.2. The van der Waals surface area contributed by atoms with Gasteiger partial charge in [-0.05, 0) is 36.1 Å². The maximum atomic E-state index is 13.4. The lowest BCUT2D eigenvalue weighted by Crippen LogP contribution is -2.47. The number of hydrogen-bond donors (Lipinski definition) is 1. The minimum absolute atomic E-state index is 0.00114. The molecule has 1 heterocycles. The topological polar surface area (TPSA) is 44.8 Å². The van der Waals surface area contributed by atoms with Gasteiger partial charge in [0.05, 0.1) is 19.3 Å². The van der Waals surface area contributed by atoms with E-state index in [1.165, 1.54) is 12.1 Å². The summed E-state index contributed by atoms with van der Waals surface area (Å²) in [5.74, 6) is -0.249. The van der Waals surface area contributed by atoms with Crippen LogP contribution in [-0.4, -0.2) is 54.7 Å². The van der Waals surface area contributed by atoms with Crippen LogP contribution in [0.4, 0.5) is 9.18 Å². The van der Waals surface area contributed by atoms with Crippen molar-refractivity contribution < 1.29 is 13.9 Å². The third kappa shape index (κ3) is 5.34. The van der Waals surface area contributed by atoms with Gasteiger partial charge in [0.1, 0.15) is 5.82 Å². The molecule has 0 bridgehead atoms. The van der Waals surface area contributed by atoms with Gasteiger partial charge >= 0.3 is 6.03 Å². The maximum Gasteiger partial charge on any atom is 0.318 e. The molecule has 5 nitrogen and oxygen atoms in total. The lowest BCUT2D eigenvalue weighted by Gasteiger charge is -2.35. The lowest BCUT2D eigenvalue weighted by atomic mass is 10.0. The van der Waals surface area contributed by atoms with Crippen molar-refractivity contribution in [1.82, 2.24) is 15.1 Å². The molecular formula is C23H28FN3O2. The van der Waals surface area contributed by atoms with Gasteiger partial charge < -0.3 is 15.0 Å². The fourth-order valence-electron chi connectivity index (χ4n) is 3.85. The number of nitrogens with one attached hydrogen (secondary N) is 1. The van der Waals surface area contributed by atoms with Crippen LogP contribution in [-0.2, 0) is 11.3 Å². The summed E-state index contributed by atoms with van der Waals surface area (Å²) >= 11 is 0. The second kappa shape index (κ2) is 9.37. The Morgan fingerprint density at radius 2 is 1.79 bits per heavy atom. The first-order valence-corrected chi connectivity index (χ1v) is 10.4. The van der Waals surface area contributed by atoms with Crippen LogP contribution >= 0.6 is 0 Å². The molecule has 1 N–H and O–H groups in total. The van der Waals surface area contributed by atoms with Crippen LogP contribution in [0, 0.1) is 5.82 Å². The number of nitrogens with zero attached hydrogens (tertiary/aromatic N) is 2. The fraction of sp³-hybridized carbons (Fsp3) is 0.435. The van der Waals surface area contributed by atoms with E-state index in [1.54, 1.807) is 0 Å². The molecule has 0 radical (unpaired) electrons. The number of benzene rings is 2. The van der Waals surface area contributed by atoms with E-state index in [0.717, 1.165) is 37.1 Å². The summed E-state index contributed by atoms with van der Waals surface area (Å²) in [6, 6.07) is 17.0. The van der Waals surface area contributed by atoms with Gasteiger partial charge in [0.2, 0.25) is 0 Å². The van der Waals surface area contributed by atoms with Crippen LogP contribution in [0.25, 0.3) is 0 Å². The molecule has 1 aliphatic carbocycles. The molecule has 6 heteroatoms. The number of hydrogen-bond acceptors (Lipinski definition) is 3. The van der Waals surface area contributed by atoms with Gasteiger partial charge in [-0.25, -0.2) is 9.18 Å². The largest absolute Gasteiger partial charge is 0.379 e. The van der Waals surface area contributed by atoms with E-state index in [4.69, 9.17) is 4.74 Å². The van der Waals surface area contributed by atoms with E-state index in [2.05, 4.69) is 22.3 Å². The maximum absolute atomic E-state index is 13.4.